The number of nitrogens with zero attached hydrogens (tertiary/aromatic N) is 2. The van der Waals surface area contributed by atoms with E-state index >= 15 is 0 Å². The first-order valence-electron chi connectivity index (χ1n) is 7.66. The molecule has 3 N–H and O–H groups in total. The number of aromatic nitrogens is 2. The van der Waals surface area contributed by atoms with Gasteiger partial charge in [-0.15, -0.1) is 11.3 Å². The third kappa shape index (κ3) is 3.25. The Kier molecular flexibility index (Phi) is 4.86. The van der Waals surface area contributed by atoms with Crippen LogP contribution >= 0.6 is 27.3 Å². The summed E-state index contributed by atoms with van der Waals surface area (Å²) in [5.74, 6) is -1.47. The molecule has 0 atom stereocenters. The molecule has 0 radical (unpaired) electrons. The highest BCUT2D eigenvalue weighted by molar-refractivity contribution is 9.10. The molecule has 0 saturated heterocycles. The molecule has 0 aliphatic heterocycles. The normalized spacial score (nSPS) is 14.2. The minimum Gasteiger partial charge on any atom is -0.365 e. The molecule has 2 amide bonds. The van der Waals surface area contributed by atoms with Crippen LogP contribution in [0.1, 0.15) is 49.8 Å². The predicted molar refractivity (Wildman–Crippen MR) is 93.3 cm³/mol. The van der Waals surface area contributed by atoms with Crippen LogP contribution < -0.4 is 11.1 Å². The Bertz CT molecular complexity index is 904. The van der Waals surface area contributed by atoms with Gasteiger partial charge in [0.1, 0.15) is 10.7 Å². The summed E-state index contributed by atoms with van der Waals surface area (Å²) in [6.07, 6.45) is -1.34. The molecule has 2 aromatic rings. The van der Waals surface area contributed by atoms with Crippen LogP contribution in [0.15, 0.2) is 4.47 Å². The molecule has 0 aromatic carbocycles. The highest BCUT2D eigenvalue weighted by atomic mass is 79.9. The lowest BCUT2D eigenvalue weighted by molar-refractivity contribution is -0.142. The number of thiophene rings is 1. The Labute approximate surface area is 158 Å². The van der Waals surface area contributed by atoms with Crippen LogP contribution in [0, 0.1) is 0 Å². The molecule has 1 aliphatic rings. The van der Waals surface area contributed by atoms with Crippen molar-refractivity contribution in [1.82, 2.24) is 9.78 Å². The predicted octanol–water partition coefficient (Wildman–Crippen LogP) is 3.49. The number of fused-ring (bicyclic) bond motifs is 1. The third-order valence-corrected chi connectivity index (χ3v) is 6.08. The molecule has 26 heavy (non-hydrogen) atoms. The van der Waals surface area contributed by atoms with E-state index in [1.165, 1.54) is 18.4 Å². The van der Waals surface area contributed by atoms with Crippen molar-refractivity contribution >= 4 is 44.1 Å². The van der Waals surface area contributed by atoms with Gasteiger partial charge < -0.3 is 11.1 Å². The van der Waals surface area contributed by atoms with Gasteiger partial charge in [-0.05, 0) is 47.2 Å². The molecule has 2 heterocycles. The summed E-state index contributed by atoms with van der Waals surface area (Å²) in [5, 5.41) is 6.16. The summed E-state index contributed by atoms with van der Waals surface area (Å²) < 4.78 is 39.3. The second-order valence-electron chi connectivity index (χ2n) is 5.87. The number of hydrogen-bond donors (Lipinski definition) is 2. The van der Waals surface area contributed by atoms with Gasteiger partial charge in [-0.2, -0.15) is 18.3 Å². The first-order chi connectivity index (χ1) is 12.1. The Balaban J connectivity index is 1.98. The van der Waals surface area contributed by atoms with Crippen LogP contribution in [-0.2, 0) is 26.1 Å². The van der Waals surface area contributed by atoms with Crippen LogP contribution in [0.5, 0.6) is 0 Å². The molecule has 0 bridgehead atoms. The quantitative estimate of drug-likeness (QED) is 0.749. The van der Waals surface area contributed by atoms with Gasteiger partial charge in [-0.25, -0.2) is 0 Å². The molecule has 11 heteroatoms. The molecule has 0 saturated carbocycles. The van der Waals surface area contributed by atoms with Crippen molar-refractivity contribution in [3.8, 4) is 0 Å². The molecule has 0 unspecified atom stereocenters. The van der Waals surface area contributed by atoms with E-state index in [-0.39, 0.29) is 16.3 Å². The number of rotatable bonds is 3. The standard InChI is InChI=1S/C15H14BrF3N4O2S/c1-23-10(9(16)11(22-23)15(17,18)19)13(25)21-14-8(12(20)24)6-4-2-3-5-7(6)26-14/h2-5H2,1H3,(H2,20,24)(H,21,25). The largest absolute Gasteiger partial charge is 0.436 e. The first kappa shape index (κ1) is 18.9. The summed E-state index contributed by atoms with van der Waals surface area (Å²) in [4.78, 5) is 25.4. The van der Waals surface area contributed by atoms with Gasteiger partial charge >= 0.3 is 6.18 Å². The molecule has 3 rings (SSSR count). The lowest BCUT2D eigenvalue weighted by atomic mass is 9.95. The number of hydrogen-bond acceptors (Lipinski definition) is 4. The number of halogens is 4. The van der Waals surface area contributed by atoms with Gasteiger partial charge in [0, 0.05) is 11.9 Å². The molecule has 2 aromatic heterocycles. The maximum absolute atomic E-state index is 13.0. The van der Waals surface area contributed by atoms with Crippen molar-refractivity contribution in [3.63, 3.8) is 0 Å². The first-order valence-corrected chi connectivity index (χ1v) is 9.27. The molecule has 0 fully saturated rings. The van der Waals surface area contributed by atoms with Gasteiger partial charge in [0.25, 0.3) is 11.8 Å². The van der Waals surface area contributed by atoms with E-state index in [1.54, 1.807) is 0 Å². The average molecular weight is 451 g/mol. The Morgan fingerprint density at radius 2 is 1.96 bits per heavy atom. The SMILES string of the molecule is Cn1nc(C(F)(F)F)c(Br)c1C(=O)Nc1sc2c(c1C(N)=O)CCCC2. The Morgan fingerprint density at radius 3 is 2.54 bits per heavy atom. The third-order valence-electron chi connectivity index (χ3n) is 4.12. The van der Waals surface area contributed by atoms with Crippen molar-refractivity contribution < 1.29 is 22.8 Å². The van der Waals surface area contributed by atoms with Gasteiger partial charge in [0.2, 0.25) is 0 Å². The summed E-state index contributed by atoms with van der Waals surface area (Å²) >= 11 is 4.04. The van der Waals surface area contributed by atoms with Crippen LogP contribution in [0.4, 0.5) is 18.2 Å². The van der Waals surface area contributed by atoms with E-state index in [2.05, 4.69) is 26.3 Å². The number of carbonyl (C=O) groups is 2. The van der Waals surface area contributed by atoms with Gasteiger partial charge in [0.05, 0.1) is 10.0 Å². The summed E-state index contributed by atoms with van der Waals surface area (Å²) in [6.45, 7) is 0. The lowest BCUT2D eigenvalue weighted by Gasteiger charge is -2.11. The fourth-order valence-electron chi connectivity index (χ4n) is 3.00. The molecular formula is C15H14BrF3N4O2S. The van der Waals surface area contributed by atoms with E-state index in [0.29, 0.717) is 6.42 Å². The van der Waals surface area contributed by atoms with E-state index in [9.17, 15) is 22.8 Å². The number of nitrogens with one attached hydrogen (secondary N) is 1. The Morgan fingerprint density at radius 1 is 1.31 bits per heavy atom. The number of aryl methyl sites for hydroxylation is 2. The zero-order valence-electron chi connectivity index (χ0n) is 13.5. The second kappa shape index (κ2) is 6.69. The monoisotopic (exact) mass is 450 g/mol. The molecule has 140 valence electrons. The number of primary amides is 1. The summed E-state index contributed by atoms with van der Waals surface area (Å²) in [5.41, 5.74) is 5.04. The van der Waals surface area contributed by atoms with Crippen molar-refractivity contribution in [3.05, 3.63) is 31.9 Å². The summed E-state index contributed by atoms with van der Waals surface area (Å²) in [6, 6.07) is 0. The van der Waals surface area contributed by atoms with E-state index in [4.69, 9.17) is 5.73 Å². The fraction of sp³-hybridized carbons (Fsp3) is 0.400. The van der Waals surface area contributed by atoms with E-state index in [0.717, 1.165) is 34.4 Å². The van der Waals surface area contributed by atoms with Gasteiger partial charge in [-0.1, -0.05) is 0 Å². The van der Waals surface area contributed by atoms with Crippen LogP contribution in [-0.4, -0.2) is 21.6 Å². The van der Waals surface area contributed by atoms with E-state index < -0.39 is 28.2 Å². The molecular weight excluding hydrogens is 437 g/mol. The number of anilines is 1. The number of amides is 2. The number of carbonyl (C=O) groups excluding carboxylic acids is 2. The van der Waals surface area contributed by atoms with Crippen molar-refractivity contribution in [2.75, 3.05) is 5.32 Å². The zero-order chi connectivity index (χ0) is 19.2. The minimum atomic E-state index is -4.70. The highest BCUT2D eigenvalue weighted by Gasteiger charge is 2.39. The maximum Gasteiger partial charge on any atom is 0.436 e. The second-order valence-corrected chi connectivity index (χ2v) is 7.76. The number of nitrogens with two attached hydrogens (primary N) is 1. The average Bonchev–Trinajstić information content (AvgIpc) is 3.03. The van der Waals surface area contributed by atoms with E-state index in [1.807, 2.05) is 0 Å². The van der Waals surface area contributed by atoms with Crippen LogP contribution in [0.25, 0.3) is 0 Å². The zero-order valence-corrected chi connectivity index (χ0v) is 15.9. The molecule has 0 spiro atoms. The summed E-state index contributed by atoms with van der Waals surface area (Å²) in [7, 11) is 1.24. The topological polar surface area (TPSA) is 90.0 Å². The maximum atomic E-state index is 13.0. The molecule has 6 nitrogen and oxygen atoms in total. The van der Waals surface area contributed by atoms with Crippen LogP contribution in [0.2, 0.25) is 0 Å². The smallest absolute Gasteiger partial charge is 0.365 e. The minimum absolute atomic E-state index is 0.243. The van der Waals surface area contributed by atoms with Crippen molar-refractivity contribution in [2.24, 2.45) is 12.8 Å². The van der Waals surface area contributed by atoms with Gasteiger partial charge in [0.15, 0.2) is 5.69 Å². The highest BCUT2D eigenvalue weighted by Crippen LogP contribution is 2.39. The lowest BCUT2D eigenvalue weighted by Crippen LogP contribution is -2.20. The molecule has 1 aliphatic carbocycles. The Hall–Kier alpha value is -1.88. The fourth-order valence-corrected chi connectivity index (χ4v) is 5.03. The van der Waals surface area contributed by atoms with Gasteiger partial charge in [-0.3, -0.25) is 14.3 Å². The van der Waals surface area contributed by atoms with Crippen molar-refractivity contribution in [2.45, 2.75) is 31.9 Å². The van der Waals surface area contributed by atoms with Crippen LogP contribution in [0.3, 0.4) is 0 Å². The van der Waals surface area contributed by atoms with Crippen molar-refractivity contribution in [1.29, 1.82) is 0 Å². The number of alkyl halides is 3.